The van der Waals surface area contributed by atoms with Crippen LogP contribution >= 0.6 is 0 Å². The molecule has 0 radical (unpaired) electrons. The Kier molecular flexibility index (Phi) is 3.65. The Hall–Kier alpha value is -3.02. The molecule has 1 heterocycles. The number of hydrogen-bond acceptors (Lipinski definition) is 4. The van der Waals surface area contributed by atoms with E-state index in [2.05, 4.69) is 15.4 Å². The zero-order valence-electron chi connectivity index (χ0n) is 12.0. The standard InChI is InChI=1S/C16H14N4O2/c1-11-2-6-13(7-3-11)16-15(17-19-18-16)10-12-4-8-14(9-5-12)20(21)22/h2-9H,10H2,1H3,(H,17,18,19). The molecule has 2 aromatic carbocycles. The van der Waals surface area contributed by atoms with Gasteiger partial charge in [0.05, 0.1) is 10.6 Å². The molecule has 3 aromatic rings. The molecule has 0 aliphatic heterocycles. The molecule has 6 nitrogen and oxygen atoms in total. The lowest BCUT2D eigenvalue weighted by molar-refractivity contribution is -0.384. The van der Waals surface area contributed by atoms with Crippen LogP contribution in [0.2, 0.25) is 0 Å². The fourth-order valence-electron chi connectivity index (χ4n) is 2.25. The maximum Gasteiger partial charge on any atom is 0.269 e. The van der Waals surface area contributed by atoms with Gasteiger partial charge in [-0.1, -0.05) is 42.0 Å². The molecule has 0 aliphatic carbocycles. The molecule has 0 aliphatic rings. The number of aryl methyl sites for hydroxylation is 1. The quantitative estimate of drug-likeness (QED) is 0.591. The van der Waals surface area contributed by atoms with E-state index in [0.29, 0.717) is 6.42 Å². The van der Waals surface area contributed by atoms with Crippen LogP contribution in [0.15, 0.2) is 48.5 Å². The number of non-ortho nitro benzene ring substituents is 1. The second kappa shape index (κ2) is 5.77. The van der Waals surface area contributed by atoms with Gasteiger partial charge in [0, 0.05) is 24.1 Å². The summed E-state index contributed by atoms with van der Waals surface area (Å²) in [6.45, 7) is 2.03. The molecule has 0 fully saturated rings. The minimum atomic E-state index is -0.405. The van der Waals surface area contributed by atoms with E-state index in [0.717, 1.165) is 22.5 Å². The number of nitrogens with zero attached hydrogens (tertiary/aromatic N) is 3. The molecule has 0 unspecified atom stereocenters. The van der Waals surface area contributed by atoms with E-state index < -0.39 is 4.92 Å². The Bertz CT molecular complexity index is 792. The zero-order chi connectivity index (χ0) is 15.5. The smallest absolute Gasteiger partial charge is 0.258 e. The van der Waals surface area contributed by atoms with Crippen LogP contribution in [0.25, 0.3) is 11.3 Å². The summed E-state index contributed by atoms with van der Waals surface area (Å²) in [6.07, 6.45) is 0.567. The highest BCUT2D eigenvalue weighted by atomic mass is 16.6. The topological polar surface area (TPSA) is 84.7 Å². The molecule has 1 N–H and O–H groups in total. The molecule has 0 saturated carbocycles. The van der Waals surface area contributed by atoms with E-state index in [1.807, 2.05) is 31.2 Å². The SMILES string of the molecule is Cc1ccc(-c2n[nH]nc2Cc2ccc([N+](=O)[O-])cc2)cc1. The van der Waals surface area contributed by atoms with Crippen LogP contribution < -0.4 is 0 Å². The first-order chi connectivity index (χ1) is 10.6. The average Bonchev–Trinajstić information content (AvgIpc) is 2.97. The van der Waals surface area contributed by atoms with E-state index in [1.165, 1.54) is 17.7 Å². The van der Waals surface area contributed by atoms with Crippen molar-refractivity contribution in [3.8, 4) is 11.3 Å². The lowest BCUT2D eigenvalue weighted by Gasteiger charge is -2.02. The first kappa shape index (κ1) is 13.9. The van der Waals surface area contributed by atoms with Crippen molar-refractivity contribution in [2.45, 2.75) is 13.3 Å². The van der Waals surface area contributed by atoms with Gasteiger partial charge >= 0.3 is 0 Å². The van der Waals surface area contributed by atoms with Gasteiger partial charge in [-0.2, -0.15) is 15.4 Å². The van der Waals surface area contributed by atoms with Gasteiger partial charge in [0.25, 0.3) is 5.69 Å². The molecule has 0 atom stereocenters. The number of rotatable bonds is 4. The maximum atomic E-state index is 10.7. The predicted octanol–water partition coefficient (Wildman–Crippen LogP) is 3.28. The Labute approximate surface area is 127 Å². The Morgan fingerprint density at radius 3 is 2.36 bits per heavy atom. The average molecular weight is 294 g/mol. The summed E-state index contributed by atoms with van der Waals surface area (Å²) >= 11 is 0. The number of nitrogens with one attached hydrogen (secondary N) is 1. The Morgan fingerprint density at radius 2 is 1.73 bits per heavy atom. The van der Waals surface area contributed by atoms with Crippen molar-refractivity contribution < 1.29 is 4.92 Å². The van der Waals surface area contributed by atoms with Gasteiger partial charge in [0.1, 0.15) is 5.69 Å². The molecular weight excluding hydrogens is 280 g/mol. The summed E-state index contributed by atoms with van der Waals surface area (Å²) in [7, 11) is 0. The first-order valence-electron chi connectivity index (χ1n) is 6.83. The largest absolute Gasteiger partial charge is 0.269 e. The molecule has 3 rings (SSSR count). The third-order valence-corrected chi connectivity index (χ3v) is 3.46. The minimum Gasteiger partial charge on any atom is -0.258 e. The number of nitro groups is 1. The van der Waals surface area contributed by atoms with Crippen LogP contribution in [0.3, 0.4) is 0 Å². The number of aromatic amines is 1. The number of hydrogen-bond donors (Lipinski definition) is 1. The van der Waals surface area contributed by atoms with Crippen molar-refractivity contribution in [3.05, 3.63) is 75.5 Å². The number of aromatic nitrogens is 3. The molecular formula is C16H14N4O2. The van der Waals surface area contributed by atoms with Crippen molar-refractivity contribution >= 4 is 5.69 Å². The normalized spacial score (nSPS) is 10.6. The number of H-pyrrole nitrogens is 1. The third-order valence-electron chi connectivity index (χ3n) is 3.46. The van der Waals surface area contributed by atoms with Gasteiger partial charge in [0.2, 0.25) is 0 Å². The van der Waals surface area contributed by atoms with Gasteiger partial charge in [0.15, 0.2) is 0 Å². The Balaban J connectivity index is 1.86. The summed E-state index contributed by atoms with van der Waals surface area (Å²) in [4.78, 5) is 10.3. The zero-order valence-corrected chi connectivity index (χ0v) is 12.0. The van der Waals surface area contributed by atoms with Crippen LogP contribution in [0.5, 0.6) is 0 Å². The highest BCUT2D eigenvalue weighted by Crippen LogP contribution is 2.23. The summed E-state index contributed by atoms with van der Waals surface area (Å²) in [5.74, 6) is 0. The van der Waals surface area contributed by atoms with Crippen molar-refractivity contribution in [1.29, 1.82) is 0 Å². The molecule has 22 heavy (non-hydrogen) atoms. The number of nitro benzene ring substituents is 1. The highest BCUT2D eigenvalue weighted by Gasteiger charge is 2.12. The van der Waals surface area contributed by atoms with Crippen molar-refractivity contribution in [1.82, 2.24) is 15.4 Å². The second-order valence-corrected chi connectivity index (χ2v) is 5.09. The van der Waals surface area contributed by atoms with Crippen LogP contribution in [-0.2, 0) is 6.42 Å². The van der Waals surface area contributed by atoms with E-state index in [4.69, 9.17) is 0 Å². The summed E-state index contributed by atoms with van der Waals surface area (Å²) in [5.41, 5.74) is 4.84. The molecule has 110 valence electrons. The van der Waals surface area contributed by atoms with Crippen LogP contribution in [0.1, 0.15) is 16.8 Å². The van der Waals surface area contributed by atoms with Gasteiger partial charge in [-0.15, -0.1) is 0 Å². The first-order valence-corrected chi connectivity index (χ1v) is 6.83. The summed E-state index contributed by atoms with van der Waals surface area (Å²) in [5, 5.41) is 21.7. The van der Waals surface area contributed by atoms with Crippen LogP contribution in [0, 0.1) is 17.0 Å². The summed E-state index contributed by atoms with van der Waals surface area (Å²) < 4.78 is 0. The highest BCUT2D eigenvalue weighted by molar-refractivity contribution is 5.62. The minimum absolute atomic E-state index is 0.0858. The van der Waals surface area contributed by atoms with Gasteiger partial charge in [-0.25, -0.2) is 0 Å². The van der Waals surface area contributed by atoms with Crippen molar-refractivity contribution in [2.24, 2.45) is 0 Å². The van der Waals surface area contributed by atoms with Crippen molar-refractivity contribution in [3.63, 3.8) is 0 Å². The molecule has 0 saturated heterocycles. The molecule has 0 spiro atoms. The molecule has 0 bridgehead atoms. The van der Waals surface area contributed by atoms with Crippen molar-refractivity contribution in [2.75, 3.05) is 0 Å². The van der Waals surface area contributed by atoms with Crippen LogP contribution in [0.4, 0.5) is 5.69 Å². The third kappa shape index (κ3) is 2.85. The van der Waals surface area contributed by atoms with Gasteiger partial charge < -0.3 is 0 Å². The van der Waals surface area contributed by atoms with E-state index in [-0.39, 0.29) is 5.69 Å². The van der Waals surface area contributed by atoms with E-state index in [1.54, 1.807) is 12.1 Å². The fraction of sp³-hybridized carbons (Fsp3) is 0.125. The monoisotopic (exact) mass is 294 g/mol. The maximum absolute atomic E-state index is 10.7. The van der Waals surface area contributed by atoms with E-state index >= 15 is 0 Å². The lowest BCUT2D eigenvalue weighted by Crippen LogP contribution is -1.93. The lowest BCUT2D eigenvalue weighted by atomic mass is 10.0. The van der Waals surface area contributed by atoms with Gasteiger partial charge in [-0.3, -0.25) is 10.1 Å². The Morgan fingerprint density at radius 1 is 1.05 bits per heavy atom. The fourth-order valence-corrected chi connectivity index (χ4v) is 2.25. The predicted molar refractivity (Wildman–Crippen MR) is 82.5 cm³/mol. The number of benzene rings is 2. The molecule has 6 heteroatoms. The summed E-state index contributed by atoms with van der Waals surface area (Å²) in [6, 6.07) is 14.6. The van der Waals surface area contributed by atoms with Crippen LogP contribution in [-0.4, -0.2) is 20.3 Å². The van der Waals surface area contributed by atoms with Gasteiger partial charge in [-0.05, 0) is 12.5 Å². The molecule has 1 aromatic heterocycles. The van der Waals surface area contributed by atoms with E-state index in [9.17, 15) is 10.1 Å². The second-order valence-electron chi connectivity index (χ2n) is 5.09. The molecule has 0 amide bonds.